The first-order valence-electron chi connectivity index (χ1n) is 12.9. The molecule has 3 amide bonds. The minimum absolute atomic E-state index is 0.0165. The van der Waals surface area contributed by atoms with Gasteiger partial charge in [-0.1, -0.05) is 36.4 Å². The molecule has 1 fully saturated rings. The van der Waals surface area contributed by atoms with Crippen LogP contribution in [-0.2, 0) is 22.6 Å². The minimum Gasteiger partial charge on any atom is -0.497 e. The maximum Gasteiger partial charge on any atom is 0.322 e. The van der Waals surface area contributed by atoms with Crippen molar-refractivity contribution in [3.05, 3.63) is 82.0 Å². The molecular formula is C29H36N4O4S. The van der Waals surface area contributed by atoms with Crippen molar-refractivity contribution in [3.63, 3.8) is 0 Å². The van der Waals surface area contributed by atoms with Gasteiger partial charge in [-0.2, -0.15) is 0 Å². The predicted octanol–water partition coefficient (Wildman–Crippen LogP) is 4.46. The zero-order valence-electron chi connectivity index (χ0n) is 22.1. The van der Waals surface area contributed by atoms with Gasteiger partial charge in [-0.3, -0.25) is 9.69 Å². The van der Waals surface area contributed by atoms with Crippen LogP contribution in [0, 0.1) is 6.92 Å². The minimum atomic E-state index is -0.313. The number of rotatable bonds is 11. The third-order valence-corrected chi connectivity index (χ3v) is 7.42. The van der Waals surface area contributed by atoms with Crippen LogP contribution in [0.25, 0.3) is 0 Å². The van der Waals surface area contributed by atoms with Gasteiger partial charge in [0.2, 0.25) is 5.91 Å². The molecule has 0 saturated carbocycles. The van der Waals surface area contributed by atoms with E-state index in [2.05, 4.69) is 29.3 Å². The monoisotopic (exact) mass is 536 g/mol. The number of ether oxygens (including phenoxy) is 2. The lowest BCUT2D eigenvalue weighted by molar-refractivity contribution is -0.133. The van der Waals surface area contributed by atoms with Crippen molar-refractivity contribution in [1.82, 2.24) is 14.7 Å². The van der Waals surface area contributed by atoms with Crippen LogP contribution in [-0.4, -0.2) is 79.7 Å². The van der Waals surface area contributed by atoms with Gasteiger partial charge in [0.25, 0.3) is 0 Å². The van der Waals surface area contributed by atoms with Crippen molar-refractivity contribution >= 4 is 29.0 Å². The summed E-state index contributed by atoms with van der Waals surface area (Å²) in [4.78, 5) is 35.2. The van der Waals surface area contributed by atoms with Crippen molar-refractivity contribution in [2.45, 2.75) is 20.0 Å². The van der Waals surface area contributed by atoms with Gasteiger partial charge in [-0.15, -0.1) is 11.3 Å². The quantitative estimate of drug-likeness (QED) is 0.392. The molecule has 2 heterocycles. The second-order valence-corrected chi connectivity index (χ2v) is 10.7. The fraction of sp³-hybridized carbons (Fsp3) is 0.379. The van der Waals surface area contributed by atoms with E-state index >= 15 is 0 Å². The summed E-state index contributed by atoms with van der Waals surface area (Å²) in [6.45, 7) is 7.12. The fourth-order valence-electron chi connectivity index (χ4n) is 4.30. The van der Waals surface area contributed by atoms with E-state index in [1.807, 2.05) is 53.4 Å². The number of thiophene rings is 1. The van der Waals surface area contributed by atoms with Crippen LogP contribution in [0.4, 0.5) is 10.5 Å². The van der Waals surface area contributed by atoms with Gasteiger partial charge < -0.3 is 24.6 Å². The number of carbonyl (C=O) groups excluding carboxylic acids is 2. The molecule has 3 aromatic rings. The molecule has 202 valence electrons. The lowest BCUT2D eigenvalue weighted by Gasteiger charge is -2.31. The Bertz CT molecular complexity index is 1180. The molecule has 4 rings (SSSR count). The van der Waals surface area contributed by atoms with Crippen LogP contribution < -0.4 is 10.1 Å². The summed E-state index contributed by atoms with van der Waals surface area (Å²) in [5.74, 6) is 0.557. The second-order valence-electron chi connectivity index (χ2n) is 9.29. The summed E-state index contributed by atoms with van der Waals surface area (Å²) in [5.41, 5.74) is 1.67. The van der Waals surface area contributed by atoms with Crippen molar-refractivity contribution in [2.75, 3.05) is 58.4 Å². The van der Waals surface area contributed by atoms with E-state index in [4.69, 9.17) is 9.47 Å². The van der Waals surface area contributed by atoms with Gasteiger partial charge in [0, 0.05) is 54.2 Å². The Morgan fingerprint density at radius 2 is 1.79 bits per heavy atom. The summed E-state index contributed by atoms with van der Waals surface area (Å²) in [5, 5.41) is 2.95. The highest BCUT2D eigenvalue weighted by atomic mass is 32.1. The zero-order valence-corrected chi connectivity index (χ0v) is 22.9. The molecule has 1 aliphatic rings. The lowest BCUT2D eigenvalue weighted by atomic mass is 10.2. The molecule has 1 saturated heterocycles. The topological polar surface area (TPSA) is 74.4 Å². The number of hydrogen-bond acceptors (Lipinski definition) is 6. The number of hydrogen-bond donors (Lipinski definition) is 1. The van der Waals surface area contributed by atoms with Gasteiger partial charge in [0.05, 0.1) is 26.9 Å². The molecule has 1 aliphatic heterocycles. The number of amides is 3. The highest BCUT2D eigenvalue weighted by Crippen LogP contribution is 2.20. The Labute approximate surface area is 228 Å². The summed E-state index contributed by atoms with van der Waals surface area (Å²) in [6, 6.07) is 21.0. The van der Waals surface area contributed by atoms with Gasteiger partial charge in [0.1, 0.15) is 12.3 Å². The molecule has 0 aliphatic carbocycles. The summed E-state index contributed by atoms with van der Waals surface area (Å²) >= 11 is 1.69. The number of morpholine rings is 1. The largest absolute Gasteiger partial charge is 0.497 e. The Kier molecular flexibility index (Phi) is 10.1. The molecule has 38 heavy (non-hydrogen) atoms. The Morgan fingerprint density at radius 1 is 1.00 bits per heavy atom. The first-order valence-corrected chi connectivity index (χ1v) is 13.7. The molecular weight excluding hydrogens is 500 g/mol. The van der Waals surface area contributed by atoms with Crippen molar-refractivity contribution in [3.8, 4) is 5.75 Å². The summed E-state index contributed by atoms with van der Waals surface area (Å²) in [7, 11) is 1.59. The summed E-state index contributed by atoms with van der Waals surface area (Å²) in [6.07, 6.45) is 0. The molecule has 9 heteroatoms. The van der Waals surface area contributed by atoms with Crippen LogP contribution in [0.15, 0.2) is 66.7 Å². The first-order chi connectivity index (χ1) is 18.5. The highest BCUT2D eigenvalue weighted by molar-refractivity contribution is 7.11. The van der Waals surface area contributed by atoms with Crippen LogP contribution in [0.2, 0.25) is 0 Å². The normalized spacial score (nSPS) is 13.6. The first kappa shape index (κ1) is 27.6. The Hall–Kier alpha value is -3.40. The highest BCUT2D eigenvalue weighted by Gasteiger charge is 2.24. The average molecular weight is 537 g/mol. The molecule has 0 atom stereocenters. The number of aryl methyl sites for hydroxylation is 1. The van der Waals surface area contributed by atoms with E-state index in [9.17, 15) is 9.59 Å². The molecule has 8 nitrogen and oxygen atoms in total. The van der Waals surface area contributed by atoms with E-state index < -0.39 is 0 Å². The van der Waals surface area contributed by atoms with E-state index in [-0.39, 0.29) is 18.5 Å². The third kappa shape index (κ3) is 8.31. The van der Waals surface area contributed by atoms with Crippen molar-refractivity contribution in [1.29, 1.82) is 0 Å². The number of urea groups is 1. The summed E-state index contributed by atoms with van der Waals surface area (Å²) < 4.78 is 10.8. The Morgan fingerprint density at radius 3 is 2.50 bits per heavy atom. The number of methoxy groups -OCH3 is 1. The number of anilines is 1. The molecule has 0 unspecified atom stereocenters. The third-order valence-electron chi connectivity index (χ3n) is 6.44. The van der Waals surface area contributed by atoms with Gasteiger partial charge in [0.15, 0.2) is 0 Å². The van der Waals surface area contributed by atoms with Crippen LogP contribution in [0.3, 0.4) is 0 Å². The van der Waals surface area contributed by atoms with E-state index in [1.54, 1.807) is 29.4 Å². The van der Waals surface area contributed by atoms with Crippen LogP contribution in [0.5, 0.6) is 5.75 Å². The fourth-order valence-corrected chi connectivity index (χ4v) is 5.21. The SMILES string of the molecule is COc1cccc(NC(=O)N(CCN2CCOCC2)CC(=O)N(Cc2ccccc2)Cc2ccc(C)s2)c1. The standard InChI is InChI=1S/C29H36N4O4S/c1-23-11-12-27(38-23)21-33(20-24-7-4-3-5-8-24)28(34)22-32(14-13-31-15-17-37-18-16-31)29(35)30-25-9-6-10-26(19-25)36-2/h3-12,19H,13-18,20-22H2,1-2H3,(H,30,35). The average Bonchev–Trinajstić information content (AvgIpc) is 3.36. The second kappa shape index (κ2) is 13.9. The number of benzene rings is 2. The molecule has 2 aromatic carbocycles. The van der Waals surface area contributed by atoms with Crippen LogP contribution >= 0.6 is 11.3 Å². The Balaban J connectivity index is 1.50. The molecule has 1 N–H and O–H groups in total. The van der Waals surface area contributed by atoms with E-state index in [0.29, 0.717) is 50.8 Å². The van der Waals surface area contributed by atoms with Gasteiger partial charge in [-0.05, 0) is 36.8 Å². The lowest BCUT2D eigenvalue weighted by Crippen LogP contribution is -2.48. The van der Waals surface area contributed by atoms with Gasteiger partial charge >= 0.3 is 6.03 Å². The number of nitrogens with zero attached hydrogens (tertiary/aromatic N) is 3. The number of nitrogens with one attached hydrogen (secondary N) is 1. The van der Waals surface area contributed by atoms with Gasteiger partial charge in [-0.25, -0.2) is 4.79 Å². The van der Waals surface area contributed by atoms with Crippen LogP contribution in [0.1, 0.15) is 15.3 Å². The van der Waals surface area contributed by atoms with E-state index in [1.165, 1.54) is 4.88 Å². The predicted molar refractivity (Wildman–Crippen MR) is 151 cm³/mol. The smallest absolute Gasteiger partial charge is 0.322 e. The molecule has 0 radical (unpaired) electrons. The molecule has 0 spiro atoms. The zero-order chi connectivity index (χ0) is 26.7. The maximum absolute atomic E-state index is 13.7. The maximum atomic E-state index is 13.7. The number of carbonyl (C=O) groups is 2. The van der Waals surface area contributed by atoms with E-state index in [0.717, 1.165) is 23.5 Å². The van der Waals surface area contributed by atoms with Crippen molar-refractivity contribution < 1.29 is 19.1 Å². The van der Waals surface area contributed by atoms with Crippen molar-refractivity contribution in [2.24, 2.45) is 0 Å². The molecule has 1 aromatic heterocycles. The molecule has 0 bridgehead atoms.